The van der Waals surface area contributed by atoms with Crippen molar-refractivity contribution in [3.63, 3.8) is 0 Å². The Balaban J connectivity index is 1.90. The van der Waals surface area contributed by atoms with Gasteiger partial charge in [-0.2, -0.15) is 0 Å². The Morgan fingerprint density at radius 2 is 2.20 bits per heavy atom. The van der Waals surface area contributed by atoms with E-state index in [2.05, 4.69) is 30.8 Å². The molecule has 0 saturated heterocycles. The van der Waals surface area contributed by atoms with Crippen molar-refractivity contribution >= 4 is 5.91 Å². The molecule has 1 aliphatic heterocycles. The van der Waals surface area contributed by atoms with Crippen molar-refractivity contribution in [2.24, 2.45) is 5.92 Å². The lowest BCUT2D eigenvalue weighted by Gasteiger charge is -2.19. The number of amides is 1. The molecular formula is C19H30N3O3+. The predicted octanol–water partition coefficient (Wildman–Crippen LogP) is 2.66. The van der Waals surface area contributed by atoms with E-state index in [-0.39, 0.29) is 11.9 Å². The molecule has 25 heavy (non-hydrogen) atoms. The Bertz CT molecular complexity index is 602. The third-order valence-electron chi connectivity index (χ3n) is 4.58. The maximum atomic E-state index is 12.1. The van der Waals surface area contributed by atoms with Crippen LogP contribution in [0.5, 0.6) is 0 Å². The van der Waals surface area contributed by atoms with Gasteiger partial charge in [-0.1, -0.05) is 32.0 Å². The fourth-order valence-electron chi connectivity index (χ4n) is 3.11. The largest absolute Gasteiger partial charge is 0.384 e. The monoisotopic (exact) mass is 348 g/mol. The number of hydrogen-bond acceptors (Lipinski definition) is 4. The van der Waals surface area contributed by atoms with E-state index < -0.39 is 0 Å². The Morgan fingerprint density at radius 3 is 2.92 bits per heavy atom. The van der Waals surface area contributed by atoms with Crippen molar-refractivity contribution < 1.29 is 14.3 Å². The van der Waals surface area contributed by atoms with Gasteiger partial charge in [-0.25, -0.2) is 5.43 Å². The summed E-state index contributed by atoms with van der Waals surface area (Å²) in [4.78, 5) is 23.8. The van der Waals surface area contributed by atoms with Crippen LogP contribution in [0.4, 0.5) is 0 Å². The summed E-state index contributed by atoms with van der Waals surface area (Å²) in [5.41, 5.74) is 9.17. The molecule has 1 aromatic carbocycles. The standard InChI is InChI=1S/C19H29N3O3/c1-14(2)4-7-19(23)21-20-13-15-5-6-17-16(12-15)8-10-22(24)18(17)9-11-25-3/h5-6,12,14,18,20H,4,7-11,13H2,1-3H3/p+1. The molecule has 1 aliphatic rings. The first-order chi connectivity index (χ1) is 12.0. The highest BCUT2D eigenvalue weighted by atomic mass is 16.5. The smallest absolute Gasteiger partial charge is 0.234 e. The second kappa shape index (κ2) is 9.63. The molecule has 1 heterocycles. The van der Waals surface area contributed by atoms with E-state index in [4.69, 9.17) is 4.74 Å². The van der Waals surface area contributed by atoms with Gasteiger partial charge in [-0.3, -0.25) is 10.2 Å². The Hall–Kier alpha value is -1.79. The summed E-state index contributed by atoms with van der Waals surface area (Å²) >= 11 is 0. The number of benzene rings is 1. The molecule has 138 valence electrons. The molecule has 1 unspecified atom stereocenters. The summed E-state index contributed by atoms with van der Waals surface area (Å²) in [5.74, 6) is 0.548. The maximum Gasteiger partial charge on any atom is 0.234 e. The Morgan fingerprint density at radius 1 is 1.40 bits per heavy atom. The number of methoxy groups -OCH3 is 1. The van der Waals surface area contributed by atoms with Gasteiger partial charge in [0, 0.05) is 48.1 Å². The molecule has 2 rings (SSSR count). The number of nitrogens with one attached hydrogen (secondary N) is 2. The number of nitroso groups, excluding NO2 is 1. The van der Waals surface area contributed by atoms with Crippen molar-refractivity contribution in [2.75, 3.05) is 20.3 Å². The highest BCUT2D eigenvalue weighted by molar-refractivity contribution is 5.75. The molecule has 2 N–H and O–H groups in total. The van der Waals surface area contributed by atoms with E-state index >= 15 is 0 Å². The third kappa shape index (κ3) is 5.90. The summed E-state index contributed by atoms with van der Waals surface area (Å²) in [6.45, 7) is 5.89. The highest BCUT2D eigenvalue weighted by Gasteiger charge is 2.33. The summed E-state index contributed by atoms with van der Waals surface area (Å²) < 4.78 is 6.29. The molecule has 0 spiro atoms. The molecule has 6 nitrogen and oxygen atoms in total. The molecule has 0 radical (unpaired) electrons. The molecule has 0 fully saturated rings. The van der Waals surface area contributed by atoms with Gasteiger partial charge in [0.2, 0.25) is 11.9 Å². The Kier molecular flexibility index (Phi) is 7.52. The van der Waals surface area contributed by atoms with Gasteiger partial charge < -0.3 is 4.74 Å². The number of nitrogens with zero attached hydrogens (tertiary/aromatic N) is 1. The quantitative estimate of drug-likeness (QED) is 0.532. The van der Waals surface area contributed by atoms with Crippen molar-refractivity contribution in [3.8, 4) is 0 Å². The molecule has 0 bridgehead atoms. The molecule has 6 heteroatoms. The van der Waals surface area contributed by atoms with Gasteiger partial charge in [0.25, 0.3) is 0 Å². The van der Waals surface area contributed by atoms with Gasteiger partial charge >= 0.3 is 0 Å². The first kappa shape index (κ1) is 19.5. The SMILES string of the molecule is COCCC1c2ccc(CNNC(=O)CCC(C)C)cc2CC[N+]1=O. The summed E-state index contributed by atoms with van der Waals surface area (Å²) in [7, 11) is 1.66. The molecular weight excluding hydrogens is 318 g/mol. The van der Waals surface area contributed by atoms with Crippen LogP contribution in [0.3, 0.4) is 0 Å². The third-order valence-corrected chi connectivity index (χ3v) is 4.58. The van der Waals surface area contributed by atoms with Gasteiger partial charge in [0.1, 0.15) is 0 Å². The first-order valence-corrected chi connectivity index (χ1v) is 9.07. The van der Waals surface area contributed by atoms with Crippen molar-refractivity contribution in [2.45, 2.75) is 52.1 Å². The summed E-state index contributed by atoms with van der Waals surface area (Å²) in [6.07, 6.45) is 2.89. The molecule has 1 atom stereocenters. The van der Waals surface area contributed by atoms with Crippen LogP contribution < -0.4 is 10.9 Å². The number of carbonyl (C=O) groups is 1. The van der Waals surface area contributed by atoms with Crippen LogP contribution in [-0.2, 0) is 22.5 Å². The molecule has 1 aromatic rings. The van der Waals surface area contributed by atoms with Crippen LogP contribution in [0.2, 0.25) is 0 Å². The summed E-state index contributed by atoms with van der Waals surface area (Å²) in [6, 6.07) is 6.07. The van der Waals surface area contributed by atoms with Crippen molar-refractivity contribution in [1.29, 1.82) is 0 Å². The van der Waals surface area contributed by atoms with E-state index in [0.29, 0.717) is 38.5 Å². The minimum absolute atomic E-state index is 0.0216. The predicted molar refractivity (Wildman–Crippen MR) is 96.9 cm³/mol. The van der Waals surface area contributed by atoms with Crippen LogP contribution in [0, 0.1) is 10.8 Å². The van der Waals surface area contributed by atoms with Crippen molar-refractivity contribution in [1.82, 2.24) is 10.9 Å². The van der Waals surface area contributed by atoms with E-state index in [0.717, 1.165) is 28.7 Å². The number of carbonyl (C=O) groups excluding carboxylic acids is 1. The lowest BCUT2D eigenvalue weighted by Crippen LogP contribution is -2.36. The van der Waals surface area contributed by atoms with E-state index in [9.17, 15) is 9.70 Å². The number of hydrogen-bond donors (Lipinski definition) is 2. The molecule has 1 amide bonds. The van der Waals surface area contributed by atoms with Crippen LogP contribution >= 0.6 is 0 Å². The minimum Gasteiger partial charge on any atom is -0.384 e. The summed E-state index contributed by atoms with van der Waals surface area (Å²) in [5, 5.41) is 0. The number of ether oxygens (including phenoxy) is 1. The van der Waals surface area contributed by atoms with E-state index in [1.54, 1.807) is 7.11 Å². The lowest BCUT2D eigenvalue weighted by atomic mass is 9.91. The fraction of sp³-hybridized carbons (Fsp3) is 0.632. The minimum atomic E-state index is -0.124. The average Bonchev–Trinajstić information content (AvgIpc) is 2.59. The van der Waals surface area contributed by atoms with Crippen LogP contribution in [0.1, 0.15) is 55.8 Å². The lowest BCUT2D eigenvalue weighted by molar-refractivity contribution is -0.597. The van der Waals surface area contributed by atoms with Gasteiger partial charge in [-0.05, 0) is 23.5 Å². The van der Waals surface area contributed by atoms with E-state index in [1.165, 1.54) is 5.56 Å². The second-order valence-corrected chi connectivity index (χ2v) is 7.06. The van der Waals surface area contributed by atoms with Gasteiger partial charge in [-0.15, -0.1) is 0 Å². The second-order valence-electron chi connectivity index (χ2n) is 7.06. The molecule has 0 aromatic heterocycles. The topological polar surface area (TPSA) is 70.4 Å². The molecule has 0 saturated carbocycles. The zero-order valence-corrected chi connectivity index (χ0v) is 15.5. The van der Waals surface area contributed by atoms with Crippen molar-refractivity contribution in [3.05, 3.63) is 39.8 Å². The van der Waals surface area contributed by atoms with Gasteiger partial charge in [0.15, 0.2) is 6.54 Å². The maximum absolute atomic E-state index is 12.1. The highest BCUT2D eigenvalue weighted by Crippen LogP contribution is 2.29. The van der Waals surface area contributed by atoms with Crippen LogP contribution in [0.25, 0.3) is 0 Å². The molecule has 0 aliphatic carbocycles. The zero-order chi connectivity index (χ0) is 18.2. The number of rotatable bonds is 9. The Labute approximate surface area is 149 Å². The normalized spacial score (nSPS) is 16.8. The van der Waals surface area contributed by atoms with E-state index in [1.807, 2.05) is 12.1 Å². The fourth-order valence-corrected chi connectivity index (χ4v) is 3.11. The number of hydrazine groups is 1. The zero-order valence-electron chi connectivity index (χ0n) is 15.5. The van der Waals surface area contributed by atoms with Gasteiger partial charge in [0.05, 0.1) is 6.61 Å². The van der Waals surface area contributed by atoms with Crippen LogP contribution in [-0.4, -0.2) is 30.9 Å². The first-order valence-electron chi connectivity index (χ1n) is 9.07. The van der Waals surface area contributed by atoms with Crippen LogP contribution in [0.15, 0.2) is 18.2 Å². The average molecular weight is 348 g/mol. The number of fused-ring (bicyclic) bond motifs is 1.